The molecule has 0 fully saturated rings. The van der Waals surface area contributed by atoms with Crippen LogP contribution in [0.4, 0.5) is 0 Å². The molecular weight excluding hydrogens is 308 g/mol. The molecule has 8 heteroatoms. The van der Waals surface area contributed by atoms with Crippen LogP contribution in [0.1, 0.15) is 11.9 Å². The molecule has 0 bridgehead atoms. The maximum atomic E-state index is 11.2. The van der Waals surface area contributed by atoms with Gasteiger partial charge in [-0.3, -0.25) is 0 Å². The molecule has 0 saturated heterocycles. The van der Waals surface area contributed by atoms with Gasteiger partial charge in [0.2, 0.25) is 0 Å². The second kappa shape index (κ2) is 9.65. The lowest BCUT2D eigenvalue weighted by Crippen LogP contribution is -2.16. The molecule has 0 heterocycles. The first-order valence-corrected chi connectivity index (χ1v) is 6.64. The van der Waals surface area contributed by atoms with Crippen LogP contribution in [0, 0.1) is 0 Å². The third-order valence-corrected chi connectivity index (χ3v) is 2.81. The Kier molecular flexibility index (Phi) is 7.86. The summed E-state index contributed by atoms with van der Waals surface area (Å²) in [5, 5.41) is 0. The zero-order valence-corrected chi connectivity index (χ0v) is 13.5. The van der Waals surface area contributed by atoms with Crippen molar-refractivity contribution in [3.05, 3.63) is 23.8 Å². The van der Waals surface area contributed by atoms with Gasteiger partial charge in [-0.2, -0.15) is 0 Å². The van der Waals surface area contributed by atoms with Gasteiger partial charge in [0, 0.05) is 19.8 Å². The van der Waals surface area contributed by atoms with E-state index in [4.69, 9.17) is 18.9 Å². The van der Waals surface area contributed by atoms with Crippen LogP contribution < -0.4 is 9.47 Å². The third kappa shape index (κ3) is 5.76. The normalized spacial score (nSPS) is 10.3. The van der Waals surface area contributed by atoms with E-state index in [1.165, 1.54) is 28.4 Å². The van der Waals surface area contributed by atoms with Gasteiger partial charge in [0.15, 0.2) is 31.0 Å². The van der Waals surface area contributed by atoms with Crippen molar-refractivity contribution in [2.45, 2.75) is 6.29 Å². The Bertz CT molecular complexity index is 524. The Labute approximate surface area is 134 Å². The number of rotatable bonds is 9. The molecule has 1 aromatic carbocycles. The van der Waals surface area contributed by atoms with Crippen LogP contribution in [-0.2, 0) is 28.5 Å². The van der Waals surface area contributed by atoms with E-state index in [0.29, 0.717) is 5.56 Å². The van der Waals surface area contributed by atoms with E-state index in [1.807, 2.05) is 0 Å². The van der Waals surface area contributed by atoms with Crippen LogP contribution in [0.5, 0.6) is 11.5 Å². The van der Waals surface area contributed by atoms with E-state index in [9.17, 15) is 9.59 Å². The van der Waals surface area contributed by atoms with Gasteiger partial charge >= 0.3 is 11.9 Å². The highest BCUT2D eigenvalue weighted by molar-refractivity contribution is 5.71. The number of ether oxygens (including phenoxy) is 6. The highest BCUT2D eigenvalue weighted by atomic mass is 16.7. The maximum Gasteiger partial charge on any atom is 0.343 e. The van der Waals surface area contributed by atoms with Crippen LogP contribution in [0.25, 0.3) is 0 Å². The molecule has 0 radical (unpaired) electrons. The zero-order chi connectivity index (χ0) is 17.2. The standard InChI is InChI=1S/C15H20O8/c1-18-13(16)8-22-11-6-5-10(15(20-3)21-4)7-12(11)23-9-14(17)19-2/h5-7,15H,8-9H2,1-4H3. The molecule has 0 aliphatic heterocycles. The number of carbonyl (C=O) groups is 2. The highest BCUT2D eigenvalue weighted by Gasteiger charge is 2.16. The number of esters is 2. The Morgan fingerprint density at radius 1 is 0.870 bits per heavy atom. The summed E-state index contributed by atoms with van der Waals surface area (Å²) in [4.78, 5) is 22.4. The summed E-state index contributed by atoms with van der Waals surface area (Å²) in [7, 11) is 5.49. The molecule has 1 rings (SSSR count). The first kappa shape index (κ1) is 18.7. The number of benzene rings is 1. The van der Waals surface area contributed by atoms with Crippen LogP contribution in [0.15, 0.2) is 18.2 Å². The van der Waals surface area contributed by atoms with Crippen LogP contribution in [0.3, 0.4) is 0 Å². The minimum Gasteiger partial charge on any atom is -0.478 e. The van der Waals surface area contributed by atoms with E-state index < -0.39 is 18.2 Å². The van der Waals surface area contributed by atoms with Crippen molar-refractivity contribution in [2.75, 3.05) is 41.7 Å². The van der Waals surface area contributed by atoms with Crippen molar-refractivity contribution in [1.29, 1.82) is 0 Å². The smallest absolute Gasteiger partial charge is 0.343 e. The average molecular weight is 328 g/mol. The van der Waals surface area contributed by atoms with Gasteiger partial charge in [-0.15, -0.1) is 0 Å². The van der Waals surface area contributed by atoms with Crippen molar-refractivity contribution in [3.63, 3.8) is 0 Å². The summed E-state index contributed by atoms with van der Waals surface area (Å²) in [6.07, 6.45) is -0.606. The molecule has 0 amide bonds. The zero-order valence-electron chi connectivity index (χ0n) is 13.5. The highest BCUT2D eigenvalue weighted by Crippen LogP contribution is 2.31. The van der Waals surface area contributed by atoms with Gasteiger partial charge in [-0.05, 0) is 12.1 Å². The minimum atomic E-state index is -0.606. The van der Waals surface area contributed by atoms with Crippen molar-refractivity contribution in [1.82, 2.24) is 0 Å². The lowest BCUT2D eigenvalue weighted by molar-refractivity contribution is -0.144. The van der Waals surface area contributed by atoms with Crippen LogP contribution in [-0.4, -0.2) is 53.6 Å². The topological polar surface area (TPSA) is 89.5 Å². The Morgan fingerprint density at radius 3 is 1.87 bits per heavy atom. The average Bonchev–Trinajstić information content (AvgIpc) is 2.59. The molecule has 0 saturated carbocycles. The van der Waals surface area contributed by atoms with Gasteiger partial charge in [0.25, 0.3) is 0 Å². The first-order chi connectivity index (χ1) is 11.0. The van der Waals surface area contributed by atoms with Gasteiger partial charge in [-0.25, -0.2) is 9.59 Å². The fourth-order valence-corrected chi connectivity index (χ4v) is 1.66. The van der Waals surface area contributed by atoms with Crippen molar-refractivity contribution < 1.29 is 38.0 Å². The monoisotopic (exact) mass is 328 g/mol. The predicted octanol–water partition coefficient (Wildman–Crippen LogP) is 1.08. The maximum absolute atomic E-state index is 11.2. The molecule has 128 valence electrons. The first-order valence-electron chi connectivity index (χ1n) is 6.64. The molecule has 0 aliphatic rings. The minimum absolute atomic E-state index is 0.246. The number of hydrogen-bond acceptors (Lipinski definition) is 8. The van der Waals surface area contributed by atoms with Crippen LogP contribution >= 0.6 is 0 Å². The fraction of sp³-hybridized carbons (Fsp3) is 0.467. The summed E-state index contributed by atoms with van der Waals surface area (Å²) in [5.41, 5.74) is 0.653. The molecule has 0 aromatic heterocycles. The van der Waals surface area contributed by atoms with E-state index in [-0.39, 0.29) is 24.7 Å². The summed E-state index contributed by atoms with van der Waals surface area (Å²) in [6.45, 7) is -0.596. The second-order valence-electron chi connectivity index (χ2n) is 4.24. The molecule has 0 N–H and O–H groups in total. The molecule has 0 spiro atoms. The van der Waals surface area contributed by atoms with E-state index in [2.05, 4.69) is 9.47 Å². The predicted molar refractivity (Wildman–Crippen MR) is 78.2 cm³/mol. The fourth-order valence-electron chi connectivity index (χ4n) is 1.66. The lowest BCUT2D eigenvalue weighted by atomic mass is 10.2. The second-order valence-corrected chi connectivity index (χ2v) is 4.24. The molecule has 0 atom stereocenters. The van der Waals surface area contributed by atoms with E-state index in [0.717, 1.165) is 0 Å². The van der Waals surface area contributed by atoms with E-state index in [1.54, 1.807) is 18.2 Å². The van der Waals surface area contributed by atoms with Crippen LogP contribution in [0.2, 0.25) is 0 Å². The number of hydrogen-bond donors (Lipinski definition) is 0. The summed E-state index contributed by atoms with van der Waals surface area (Å²) in [5.74, 6) is -0.575. The van der Waals surface area contributed by atoms with Crippen molar-refractivity contribution >= 4 is 11.9 Å². The van der Waals surface area contributed by atoms with Gasteiger partial charge in [0.1, 0.15) is 0 Å². The molecule has 8 nitrogen and oxygen atoms in total. The molecule has 0 aliphatic carbocycles. The Hall–Kier alpha value is -2.32. The van der Waals surface area contributed by atoms with Gasteiger partial charge in [-0.1, -0.05) is 6.07 Å². The molecule has 1 aromatic rings. The van der Waals surface area contributed by atoms with Gasteiger partial charge < -0.3 is 28.4 Å². The van der Waals surface area contributed by atoms with Crippen molar-refractivity contribution in [3.8, 4) is 11.5 Å². The quantitative estimate of drug-likeness (QED) is 0.491. The molecular formula is C15H20O8. The summed E-state index contributed by atoms with van der Waals surface area (Å²) in [6, 6.07) is 4.86. The number of carbonyl (C=O) groups excluding carboxylic acids is 2. The summed E-state index contributed by atoms with van der Waals surface area (Å²) < 4.78 is 30.0. The van der Waals surface area contributed by atoms with Gasteiger partial charge in [0.05, 0.1) is 14.2 Å². The number of methoxy groups -OCH3 is 4. The SMILES string of the molecule is COC(=O)COc1ccc(C(OC)OC)cc1OCC(=O)OC. The van der Waals surface area contributed by atoms with E-state index >= 15 is 0 Å². The Balaban J connectivity index is 2.97. The largest absolute Gasteiger partial charge is 0.478 e. The lowest BCUT2D eigenvalue weighted by Gasteiger charge is -2.17. The molecule has 23 heavy (non-hydrogen) atoms. The third-order valence-electron chi connectivity index (χ3n) is 2.81. The Morgan fingerprint density at radius 2 is 1.39 bits per heavy atom. The molecule has 0 unspecified atom stereocenters. The summed E-state index contributed by atoms with van der Waals surface area (Å²) >= 11 is 0. The van der Waals surface area contributed by atoms with Crippen molar-refractivity contribution in [2.24, 2.45) is 0 Å².